The number of benzene rings is 1. The highest BCUT2D eigenvalue weighted by molar-refractivity contribution is 5.94. The van der Waals surface area contributed by atoms with Crippen LogP contribution in [0.2, 0.25) is 0 Å². The van der Waals surface area contributed by atoms with Gasteiger partial charge in [-0.2, -0.15) is 0 Å². The van der Waals surface area contributed by atoms with E-state index in [-0.39, 0.29) is 24.5 Å². The topological polar surface area (TPSA) is 58.6 Å². The Labute approximate surface area is 121 Å². The summed E-state index contributed by atoms with van der Waals surface area (Å²) in [4.78, 5) is 12.0. The van der Waals surface area contributed by atoms with E-state index in [9.17, 15) is 4.79 Å². The summed E-state index contributed by atoms with van der Waals surface area (Å²) in [5.74, 6) is 1.15. The van der Waals surface area contributed by atoms with Crippen molar-refractivity contribution < 1.29 is 14.6 Å². The number of hydrogen-bond acceptors (Lipinski definition) is 3. The molecular weight excluding hydrogens is 254 g/mol. The van der Waals surface area contributed by atoms with E-state index < -0.39 is 0 Å². The highest BCUT2D eigenvalue weighted by Crippen LogP contribution is 2.13. The van der Waals surface area contributed by atoms with Crippen molar-refractivity contribution in [1.82, 2.24) is 5.32 Å². The minimum atomic E-state index is -0.131. The molecule has 0 saturated heterocycles. The molecule has 0 fully saturated rings. The molecule has 2 atom stereocenters. The highest BCUT2D eigenvalue weighted by atomic mass is 16.5. The lowest BCUT2D eigenvalue weighted by Crippen LogP contribution is -2.38. The molecule has 0 aliphatic heterocycles. The molecule has 112 valence electrons. The molecule has 2 unspecified atom stereocenters. The van der Waals surface area contributed by atoms with Gasteiger partial charge in [0.2, 0.25) is 0 Å². The number of carbonyl (C=O) groups excluding carboxylic acids is 1. The number of aliphatic hydroxyl groups excluding tert-OH is 1. The molecule has 0 spiro atoms. The quantitative estimate of drug-likeness (QED) is 0.806. The Morgan fingerprint density at radius 3 is 2.30 bits per heavy atom. The summed E-state index contributed by atoms with van der Waals surface area (Å²) >= 11 is 0. The summed E-state index contributed by atoms with van der Waals surface area (Å²) in [6.45, 7) is 8.68. The van der Waals surface area contributed by atoms with Gasteiger partial charge < -0.3 is 15.2 Å². The lowest BCUT2D eigenvalue weighted by molar-refractivity contribution is 0.0916. The zero-order valence-electron chi connectivity index (χ0n) is 12.7. The van der Waals surface area contributed by atoms with E-state index in [2.05, 4.69) is 19.2 Å². The van der Waals surface area contributed by atoms with Gasteiger partial charge in [-0.3, -0.25) is 4.79 Å². The van der Waals surface area contributed by atoms with Gasteiger partial charge in [0.15, 0.2) is 0 Å². The molecule has 1 rings (SSSR count). The van der Waals surface area contributed by atoms with Crippen molar-refractivity contribution in [3.05, 3.63) is 29.8 Å². The van der Waals surface area contributed by atoms with Crippen LogP contribution in [0, 0.1) is 11.8 Å². The Morgan fingerprint density at radius 1 is 1.20 bits per heavy atom. The average Bonchev–Trinajstić information content (AvgIpc) is 2.44. The second-order valence-corrected chi connectivity index (χ2v) is 5.65. The third-order valence-corrected chi connectivity index (χ3v) is 3.20. The van der Waals surface area contributed by atoms with Crippen LogP contribution in [0.1, 0.15) is 38.1 Å². The molecule has 1 aromatic rings. The fourth-order valence-electron chi connectivity index (χ4n) is 1.56. The summed E-state index contributed by atoms with van der Waals surface area (Å²) in [5, 5.41) is 11.9. The van der Waals surface area contributed by atoms with Crippen LogP contribution < -0.4 is 10.1 Å². The fourth-order valence-corrected chi connectivity index (χ4v) is 1.56. The lowest BCUT2D eigenvalue weighted by Gasteiger charge is -2.19. The number of rotatable bonds is 7. The molecule has 20 heavy (non-hydrogen) atoms. The molecular formula is C16H25NO3. The number of nitrogens with one attached hydrogen (secondary N) is 1. The van der Waals surface area contributed by atoms with Crippen molar-refractivity contribution in [2.24, 2.45) is 11.8 Å². The average molecular weight is 279 g/mol. The molecule has 2 N–H and O–H groups in total. The van der Waals surface area contributed by atoms with E-state index in [0.29, 0.717) is 18.1 Å². The first-order valence-electron chi connectivity index (χ1n) is 7.08. The Bertz CT molecular complexity index is 414. The molecule has 0 aliphatic carbocycles. The molecule has 0 bridgehead atoms. The van der Waals surface area contributed by atoms with Gasteiger partial charge in [-0.1, -0.05) is 20.8 Å². The standard InChI is InChI=1S/C16H25NO3/c1-11(2)10-20-15-7-5-14(6-8-15)16(19)17-13(4)12(3)9-18/h5-8,11-13,18H,9-10H2,1-4H3,(H,17,19). The highest BCUT2D eigenvalue weighted by Gasteiger charge is 2.15. The third kappa shape index (κ3) is 5.21. The van der Waals surface area contributed by atoms with Gasteiger partial charge in [-0.25, -0.2) is 0 Å². The minimum Gasteiger partial charge on any atom is -0.493 e. The number of aliphatic hydroxyl groups is 1. The Morgan fingerprint density at radius 2 is 1.80 bits per heavy atom. The first kappa shape index (κ1) is 16.5. The van der Waals surface area contributed by atoms with Crippen molar-refractivity contribution >= 4 is 5.91 Å². The molecule has 0 aliphatic rings. The van der Waals surface area contributed by atoms with Gasteiger partial charge in [0.1, 0.15) is 5.75 Å². The molecule has 4 nitrogen and oxygen atoms in total. The molecule has 1 aromatic carbocycles. The predicted octanol–water partition coefficient (Wildman–Crippen LogP) is 2.47. The Balaban J connectivity index is 2.57. The maximum atomic E-state index is 12.0. The van der Waals surface area contributed by atoms with E-state index in [4.69, 9.17) is 9.84 Å². The van der Waals surface area contributed by atoms with Crippen LogP contribution in [0.3, 0.4) is 0 Å². The van der Waals surface area contributed by atoms with Crippen LogP contribution >= 0.6 is 0 Å². The molecule has 0 radical (unpaired) electrons. The Kier molecular flexibility index (Phi) is 6.52. The van der Waals surface area contributed by atoms with E-state index in [1.54, 1.807) is 24.3 Å². The predicted molar refractivity (Wildman–Crippen MR) is 80.0 cm³/mol. The summed E-state index contributed by atoms with van der Waals surface area (Å²) in [6.07, 6.45) is 0. The molecule has 4 heteroatoms. The van der Waals surface area contributed by atoms with Crippen molar-refractivity contribution in [2.75, 3.05) is 13.2 Å². The van der Waals surface area contributed by atoms with Crippen LogP contribution in [-0.4, -0.2) is 30.3 Å². The zero-order valence-corrected chi connectivity index (χ0v) is 12.7. The second-order valence-electron chi connectivity index (χ2n) is 5.65. The van der Waals surface area contributed by atoms with Crippen molar-refractivity contribution in [3.8, 4) is 5.75 Å². The molecule has 1 amide bonds. The first-order chi connectivity index (χ1) is 9.43. The monoisotopic (exact) mass is 279 g/mol. The summed E-state index contributed by atoms with van der Waals surface area (Å²) in [5.41, 5.74) is 0.596. The largest absolute Gasteiger partial charge is 0.493 e. The minimum absolute atomic E-state index is 0.0348. The van der Waals surface area contributed by atoms with Crippen LogP contribution in [0.4, 0.5) is 0 Å². The maximum Gasteiger partial charge on any atom is 0.251 e. The second kappa shape index (κ2) is 7.90. The first-order valence-corrected chi connectivity index (χ1v) is 7.08. The van der Waals surface area contributed by atoms with E-state index >= 15 is 0 Å². The van der Waals surface area contributed by atoms with Crippen molar-refractivity contribution in [2.45, 2.75) is 33.7 Å². The van der Waals surface area contributed by atoms with Crippen LogP contribution in [0.15, 0.2) is 24.3 Å². The smallest absolute Gasteiger partial charge is 0.251 e. The lowest BCUT2D eigenvalue weighted by atomic mass is 10.0. The van der Waals surface area contributed by atoms with Crippen LogP contribution in [0.25, 0.3) is 0 Å². The number of carbonyl (C=O) groups is 1. The molecule has 0 heterocycles. The summed E-state index contributed by atoms with van der Waals surface area (Å²) < 4.78 is 5.57. The van der Waals surface area contributed by atoms with Gasteiger partial charge >= 0.3 is 0 Å². The van der Waals surface area contributed by atoms with Gasteiger partial charge in [0, 0.05) is 18.2 Å². The van der Waals surface area contributed by atoms with E-state index in [1.807, 2.05) is 13.8 Å². The summed E-state index contributed by atoms with van der Waals surface area (Å²) in [6, 6.07) is 7.04. The normalized spacial score (nSPS) is 13.9. The van der Waals surface area contributed by atoms with Gasteiger partial charge in [0.25, 0.3) is 5.91 Å². The number of ether oxygens (including phenoxy) is 1. The van der Waals surface area contributed by atoms with Crippen LogP contribution in [0.5, 0.6) is 5.75 Å². The zero-order chi connectivity index (χ0) is 15.1. The maximum absolute atomic E-state index is 12.0. The Hall–Kier alpha value is -1.55. The van der Waals surface area contributed by atoms with Gasteiger partial charge in [0.05, 0.1) is 6.61 Å². The SMILES string of the molecule is CC(C)COc1ccc(C(=O)NC(C)C(C)CO)cc1. The van der Waals surface area contributed by atoms with E-state index in [1.165, 1.54) is 0 Å². The number of hydrogen-bond donors (Lipinski definition) is 2. The fraction of sp³-hybridized carbons (Fsp3) is 0.562. The van der Waals surface area contributed by atoms with Crippen molar-refractivity contribution in [3.63, 3.8) is 0 Å². The summed E-state index contributed by atoms with van der Waals surface area (Å²) in [7, 11) is 0. The van der Waals surface area contributed by atoms with E-state index in [0.717, 1.165) is 5.75 Å². The molecule has 0 aromatic heterocycles. The molecule has 0 saturated carbocycles. The number of amides is 1. The van der Waals surface area contributed by atoms with Crippen molar-refractivity contribution in [1.29, 1.82) is 0 Å². The van der Waals surface area contributed by atoms with Crippen LogP contribution in [-0.2, 0) is 0 Å². The van der Waals surface area contributed by atoms with Gasteiger partial charge in [-0.15, -0.1) is 0 Å². The van der Waals surface area contributed by atoms with Gasteiger partial charge in [-0.05, 0) is 43.0 Å². The third-order valence-electron chi connectivity index (χ3n) is 3.20.